The molecule has 0 aliphatic carbocycles. The number of unbranched alkanes of at least 4 members (excludes halogenated alkanes) is 37. The lowest BCUT2D eigenvalue weighted by molar-refractivity contribution is -0.167. The van der Waals surface area contributed by atoms with Gasteiger partial charge < -0.3 is 14.2 Å². The zero-order valence-electron chi connectivity index (χ0n) is 54.2. The smallest absolute Gasteiger partial charge is 0.306 e. The SMILES string of the molecule is CC/C=C\C/C=C\C/C=C\C/C=C\CCCCCCCCCCCCCCCCCCCCCCCCC(=O)OCC(COC(=O)CCCCCCC/C=C\CCCCC)OC(=O)CCCCCCCCC/C=C\C/C=C\C/C=C\CC. The van der Waals surface area contributed by atoms with Crippen LogP contribution in [-0.4, -0.2) is 37.2 Å². The van der Waals surface area contributed by atoms with Crippen molar-refractivity contribution in [3.8, 4) is 0 Å². The Morgan fingerprint density at radius 2 is 0.476 bits per heavy atom. The molecule has 1 unspecified atom stereocenters. The molecule has 1 atom stereocenters. The summed E-state index contributed by atoms with van der Waals surface area (Å²) < 4.78 is 16.9. The molecule has 0 radical (unpaired) electrons. The third kappa shape index (κ3) is 67.1. The molecule has 0 spiro atoms. The van der Waals surface area contributed by atoms with Gasteiger partial charge in [0, 0.05) is 19.3 Å². The number of carbonyl (C=O) groups is 3. The molecule has 82 heavy (non-hydrogen) atoms. The maximum atomic E-state index is 12.9. The van der Waals surface area contributed by atoms with Crippen molar-refractivity contribution < 1.29 is 28.6 Å². The fraction of sp³-hybridized carbons (Fsp3) is 0.750. The van der Waals surface area contributed by atoms with Gasteiger partial charge in [0.1, 0.15) is 13.2 Å². The van der Waals surface area contributed by atoms with Crippen LogP contribution in [-0.2, 0) is 28.6 Å². The molecule has 6 heteroatoms. The van der Waals surface area contributed by atoms with Crippen molar-refractivity contribution in [3.05, 3.63) is 97.2 Å². The van der Waals surface area contributed by atoms with Gasteiger partial charge in [-0.2, -0.15) is 0 Å². The normalized spacial score (nSPS) is 12.7. The molecule has 472 valence electrons. The van der Waals surface area contributed by atoms with E-state index in [9.17, 15) is 14.4 Å². The quantitative estimate of drug-likeness (QED) is 0.0261. The maximum absolute atomic E-state index is 12.9. The van der Waals surface area contributed by atoms with Crippen molar-refractivity contribution in [2.45, 2.75) is 354 Å². The minimum Gasteiger partial charge on any atom is -0.462 e. The van der Waals surface area contributed by atoms with Crippen LogP contribution in [0.5, 0.6) is 0 Å². The van der Waals surface area contributed by atoms with E-state index in [-0.39, 0.29) is 31.1 Å². The first kappa shape index (κ1) is 78.3. The molecular formula is C76H132O6. The molecule has 0 saturated heterocycles. The standard InChI is InChI=1S/C76H132O6/c1-4-7-10-13-16-19-22-25-27-29-30-31-32-33-34-35-36-37-38-39-40-41-42-43-44-45-46-48-49-51-54-57-60-63-66-69-75(78)81-72-73(71-80-74(77)68-65-62-59-56-53-24-21-18-15-12-9-6-3)82-76(79)70-67-64-61-58-55-52-50-47-28-26-23-20-17-14-11-8-5-2/h7-8,10-11,16-21,25-28,30-31,73H,4-6,9,12-15,22-24,29,32-72H2,1-3H3/b10-7-,11-8-,19-16-,20-17-,21-18-,27-25-,28-26-,31-30-. The highest BCUT2D eigenvalue weighted by atomic mass is 16.6. The first-order valence-corrected chi connectivity index (χ1v) is 35.2. The van der Waals surface area contributed by atoms with Crippen molar-refractivity contribution in [1.82, 2.24) is 0 Å². The summed E-state index contributed by atoms with van der Waals surface area (Å²) in [7, 11) is 0. The van der Waals surface area contributed by atoms with Crippen molar-refractivity contribution in [1.29, 1.82) is 0 Å². The van der Waals surface area contributed by atoms with Gasteiger partial charge in [0.15, 0.2) is 6.10 Å². The predicted molar refractivity (Wildman–Crippen MR) is 357 cm³/mol. The summed E-state index contributed by atoms with van der Waals surface area (Å²) >= 11 is 0. The molecule has 0 aromatic heterocycles. The highest BCUT2D eigenvalue weighted by Crippen LogP contribution is 2.18. The number of esters is 3. The summed E-state index contributed by atoms with van der Waals surface area (Å²) in [4.78, 5) is 38.3. The lowest BCUT2D eigenvalue weighted by Crippen LogP contribution is -2.30. The van der Waals surface area contributed by atoms with Gasteiger partial charge in [0.25, 0.3) is 0 Å². The fourth-order valence-electron chi connectivity index (χ4n) is 10.1. The van der Waals surface area contributed by atoms with Crippen LogP contribution in [0.25, 0.3) is 0 Å². The molecule has 0 aliphatic heterocycles. The van der Waals surface area contributed by atoms with E-state index in [1.807, 2.05) is 0 Å². The predicted octanol–water partition coefficient (Wildman–Crippen LogP) is 24.4. The van der Waals surface area contributed by atoms with E-state index in [0.29, 0.717) is 19.3 Å². The Morgan fingerprint density at radius 1 is 0.256 bits per heavy atom. The molecule has 0 N–H and O–H groups in total. The third-order valence-corrected chi connectivity index (χ3v) is 15.3. The maximum Gasteiger partial charge on any atom is 0.306 e. The summed E-state index contributed by atoms with van der Waals surface area (Å²) in [5.74, 6) is -0.884. The second kappa shape index (κ2) is 69.8. The summed E-state index contributed by atoms with van der Waals surface area (Å²) in [6, 6.07) is 0. The zero-order chi connectivity index (χ0) is 59.2. The second-order valence-electron chi connectivity index (χ2n) is 23.4. The number of allylic oxidation sites excluding steroid dienone is 16. The number of ether oxygens (including phenoxy) is 3. The summed E-state index contributed by atoms with van der Waals surface area (Å²) in [6.45, 7) is 6.41. The molecule has 0 saturated carbocycles. The Balaban J connectivity index is 4.10. The van der Waals surface area contributed by atoms with Crippen LogP contribution in [0, 0.1) is 0 Å². The van der Waals surface area contributed by atoms with Crippen molar-refractivity contribution in [3.63, 3.8) is 0 Å². The minimum atomic E-state index is -0.785. The van der Waals surface area contributed by atoms with E-state index in [0.717, 1.165) is 116 Å². The number of carbonyl (C=O) groups excluding carboxylic acids is 3. The van der Waals surface area contributed by atoms with Crippen LogP contribution in [0.2, 0.25) is 0 Å². The van der Waals surface area contributed by atoms with E-state index >= 15 is 0 Å². The van der Waals surface area contributed by atoms with E-state index in [2.05, 4.69) is 118 Å². The van der Waals surface area contributed by atoms with Gasteiger partial charge in [-0.3, -0.25) is 14.4 Å². The zero-order valence-corrected chi connectivity index (χ0v) is 54.2. The second-order valence-corrected chi connectivity index (χ2v) is 23.4. The number of hydrogen-bond acceptors (Lipinski definition) is 6. The van der Waals surface area contributed by atoms with Crippen molar-refractivity contribution in [2.24, 2.45) is 0 Å². The van der Waals surface area contributed by atoms with Crippen LogP contribution in [0.3, 0.4) is 0 Å². The molecule has 0 aromatic rings. The average Bonchev–Trinajstić information content (AvgIpc) is 3.47. The lowest BCUT2D eigenvalue weighted by Gasteiger charge is -2.18. The van der Waals surface area contributed by atoms with E-state index in [4.69, 9.17) is 14.2 Å². The van der Waals surface area contributed by atoms with Gasteiger partial charge in [0.05, 0.1) is 0 Å². The Bertz CT molecular complexity index is 1590. The third-order valence-electron chi connectivity index (χ3n) is 15.3. The largest absolute Gasteiger partial charge is 0.462 e. The highest BCUT2D eigenvalue weighted by Gasteiger charge is 2.19. The number of rotatable bonds is 64. The van der Waals surface area contributed by atoms with Crippen LogP contribution >= 0.6 is 0 Å². The van der Waals surface area contributed by atoms with Gasteiger partial charge in [-0.15, -0.1) is 0 Å². The average molecular weight is 1140 g/mol. The molecular weight excluding hydrogens is 1010 g/mol. The van der Waals surface area contributed by atoms with E-state index < -0.39 is 6.10 Å². The van der Waals surface area contributed by atoms with Gasteiger partial charge >= 0.3 is 17.9 Å². The van der Waals surface area contributed by atoms with E-state index in [1.165, 1.54) is 193 Å². The molecule has 0 fully saturated rings. The van der Waals surface area contributed by atoms with Gasteiger partial charge in [-0.1, -0.05) is 311 Å². The van der Waals surface area contributed by atoms with Crippen molar-refractivity contribution in [2.75, 3.05) is 13.2 Å². The number of hydrogen-bond donors (Lipinski definition) is 0. The Labute approximate surface area is 508 Å². The van der Waals surface area contributed by atoms with Crippen LogP contribution in [0.4, 0.5) is 0 Å². The molecule has 0 amide bonds. The Hall–Kier alpha value is -3.67. The first-order valence-electron chi connectivity index (χ1n) is 35.2. The van der Waals surface area contributed by atoms with Crippen molar-refractivity contribution >= 4 is 17.9 Å². The molecule has 0 bridgehead atoms. The Kier molecular flexibility index (Phi) is 66.7. The van der Waals surface area contributed by atoms with Crippen LogP contribution in [0.1, 0.15) is 348 Å². The molecule has 0 heterocycles. The fourth-order valence-corrected chi connectivity index (χ4v) is 10.1. The first-order chi connectivity index (χ1) is 40.5. The molecule has 0 rings (SSSR count). The van der Waals surface area contributed by atoms with Gasteiger partial charge in [-0.25, -0.2) is 0 Å². The lowest BCUT2D eigenvalue weighted by atomic mass is 10.0. The summed E-state index contributed by atoms with van der Waals surface area (Å²) in [5.41, 5.74) is 0. The topological polar surface area (TPSA) is 78.9 Å². The Morgan fingerprint density at radius 3 is 0.756 bits per heavy atom. The monoisotopic (exact) mass is 1140 g/mol. The van der Waals surface area contributed by atoms with Crippen LogP contribution < -0.4 is 0 Å². The molecule has 6 nitrogen and oxygen atoms in total. The van der Waals surface area contributed by atoms with Crippen LogP contribution in [0.15, 0.2) is 97.2 Å². The minimum absolute atomic E-state index is 0.0801. The molecule has 0 aliphatic rings. The summed E-state index contributed by atoms with van der Waals surface area (Å²) in [5, 5.41) is 0. The van der Waals surface area contributed by atoms with Gasteiger partial charge in [0.2, 0.25) is 0 Å². The van der Waals surface area contributed by atoms with E-state index in [1.54, 1.807) is 0 Å². The highest BCUT2D eigenvalue weighted by molar-refractivity contribution is 5.71. The molecule has 0 aromatic carbocycles. The summed E-state index contributed by atoms with van der Waals surface area (Å²) in [6.07, 6.45) is 94.5. The van der Waals surface area contributed by atoms with Gasteiger partial charge in [-0.05, 0) is 116 Å².